The van der Waals surface area contributed by atoms with Crippen LogP contribution in [0.5, 0.6) is 0 Å². The number of methoxy groups -OCH3 is 1. The first-order valence-electron chi connectivity index (χ1n) is 9.19. The lowest BCUT2D eigenvalue weighted by Gasteiger charge is -2.16. The molecule has 0 aliphatic rings. The predicted molar refractivity (Wildman–Crippen MR) is 106 cm³/mol. The largest absolute Gasteiger partial charge is 0.465 e. The Morgan fingerprint density at radius 1 is 1.00 bits per heavy atom. The van der Waals surface area contributed by atoms with E-state index in [0.29, 0.717) is 12.8 Å². The van der Waals surface area contributed by atoms with Crippen LogP contribution in [0.1, 0.15) is 35.7 Å². The van der Waals surface area contributed by atoms with Gasteiger partial charge in [0.05, 0.1) is 24.2 Å². The molecule has 0 saturated heterocycles. The molecule has 29 heavy (non-hydrogen) atoms. The van der Waals surface area contributed by atoms with Crippen molar-refractivity contribution in [3.05, 3.63) is 65.7 Å². The normalized spacial score (nSPS) is 12.2. The summed E-state index contributed by atoms with van der Waals surface area (Å²) in [6, 6.07) is 14.7. The molecule has 156 valence electrons. The lowest BCUT2D eigenvalue weighted by molar-refractivity contribution is -0.151. The molecule has 0 fully saturated rings. The third-order valence-electron chi connectivity index (χ3n) is 4.13. The van der Waals surface area contributed by atoms with Crippen molar-refractivity contribution in [2.45, 2.75) is 37.2 Å². The molecular weight excluding hydrogens is 396 g/mol. The Morgan fingerprint density at radius 2 is 1.66 bits per heavy atom. The van der Waals surface area contributed by atoms with Crippen LogP contribution in [0.3, 0.4) is 0 Å². The topological polar surface area (TPSA) is 96.0 Å². The van der Waals surface area contributed by atoms with E-state index in [1.165, 1.54) is 31.4 Å². The van der Waals surface area contributed by atoms with E-state index in [0.717, 1.165) is 5.56 Å². The summed E-state index contributed by atoms with van der Waals surface area (Å²) in [5, 5.41) is 0. The Labute approximate surface area is 170 Å². The Morgan fingerprint density at radius 3 is 2.24 bits per heavy atom. The standard InChI is InChI=1S/C21H24O7S/c1-3-27-21(23)19(11-7-10-16-8-5-4-6-9-16)28-29(24,25)18-14-12-17(13-15-18)20(22)26-2/h4-6,8-9,12-15,19H,3,7,10-11H2,1-2H3/t19-/m1/s1. The summed E-state index contributed by atoms with van der Waals surface area (Å²) >= 11 is 0. The first-order chi connectivity index (χ1) is 13.9. The molecule has 2 aromatic rings. The molecule has 7 nitrogen and oxygen atoms in total. The van der Waals surface area contributed by atoms with Crippen LogP contribution in [0.2, 0.25) is 0 Å². The van der Waals surface area contributed by atoms with Crippen LogP contribution >= 0.6 is 0 Å². The van der Waals surface area contributed by atoms with Crippen molar-refractivity contribution in [3.63, 3.8) is 0 Å². The van der Waals surface area contributed by atoms with Crippen LogP contribution in [-0.4, -0.2) is 40.2 Å². The van der Waals surface area contributed by atoms with Crippen LogP contribution in [0.25, 0.3) is 0 Å². The highest BCUT2D eigenvalue weighted by Crippen LogP contribution is 2.19. The van der Waals surface area contributed by atoms with Crippen LogP contribution in [0.4, 0.5) is 0 Å². The molecule has 8 heteroatoms. The molecule has 0 aromatic heterocycles. The maximum absolute atomic E-state index is 12.6. The highest BCUT2D eigenvalue weighted by Gasteiger charge is 2.28. The summed E-state index contributed by atoms with van der Waals surface area (Å²) in [6.45, 7) is 1.75. The van der Waals surface area contributed by atoms with Crippen LogP contribution in [0, 0.1) is 0 Å². The molecule has 0 radical (unpaired) electrons. The fourth-order valence-electron chi connectivity index (χ4n) is 2.66. The molecule has 2 aromatic carbocycles. The quantitative estimate of drug-likeness (QED) is 0.430. The summed E-state index contributed by atoms with van der Waals surface area (Å²) in [7, 11) is -2.99. The van der Waals surface area contributed by atoms with Gasteiger partial charge >= 0.3 is 11.9 Å². The number of rotatable bonds is 10. The molecule has 0 bridgehead atoms. The minimum Gasteiger partial charge on any atom is -0.465 e. The molecule has 0 N–H and O–H groups in total. The molecular formula is C21H24O7S. The summed E-state index contributed by atoms with van der Waals surface area (Å²) in [6.07, 6.45) is 0.162. The lowest BCUT2D eigenvalue weighted by atomic mass is 10.1. The van der Waals surface area contributed by atoms with Crippen molar-refractivity contribution in [1.29, 1.82) is 0 Å². The van der Waals surface area contributed by atoms with Gasteiger partial charge in [-0.1, -0.05) is 30.3 Å². The highest BCUT2D eigenvalue weighted by atomic mass is 32.2. The van der Waals surface area contributed by atoms with Crippen LogP contribution in [0.15, 0.2) is 59.5 Å². The number of aryl methyl sites for hydroxylation is 1. The van der Waals surface area contributed by atoms with Gasteiger partial charge in [0.2, 0.25) is 0 Å². The smallest absolute Gasteiger partial charge is 0.337 e. The molecule has 0 aliphatic heterocycles. The number of carbonyl (C=O) groups is 2. The van der Waals surface area contributed by atoms with Gasteiger partial charge in [-0.2, -0.15) is 8.42 Å². The summed E-state index contributed by atoms with van der Waals surface area (Å²) in [4.78, 5) is 23.5. The zero-order chi connectivity index (χ0) is 21.3. The van der Waals surface area contributed by atoms with Gasteiger partial charge < -0.3 is 9.47 Å². The van der Waals surface area contributed by atoms with Gasteiger partial charge in [-0.15, -0.1) is 0 Å². The molecule has 1 atom stereocenters. The van der Waals surface area contributed by atoms with Gasteiger partial charge in [0.15, 0.2) is 6.10 Å². The van der Waals surface area contributed by atoms with Crippen molar-refractivity contribution < 1.29 is 31.7 Å². The second-order valence-electron chi connectivity index (χ2n) is 6.18. The molecule has 0 amide bonds. The Bertz CT molecular complexity index is 906. The molecule has 2 rings (SSSR count). The predicted octanol–water partition coefficient (Wildman–Crippen LogP) is 3.13. The summed E-state index contributed by atoms with van der Waals surface area (Å²) in [5.41, 5.74) is 1.28. The first kappa shape index (κ1) is 22.6. The van der Waals surface area contributed by atoms with Crippen molar-refractivity contribution in [2.75, 3.05) is 13.7 Å². The van der Waals surface area contributed by atoms with E-state index in [1.807, 2.05) is 30.3 Å². The van der Waals surface area contributed by atoms with E-state index >= 15 is 0 Å². The van der Waals surface area contributed by atoms with Gasteiger partial charge in [0.25, 0.3) is 10.1 Å². The van der Waals surface area contributed by atoms with Crippen molar-refractivity contribution in [3.8, 4) is 0 Å². The van der Waals surface area contributed by atoms with Crippen molar-refractivity contribution in [2.24, 2.45) is 0 Å². The number of hydrogen-bond donors (Lipinski definition) is 0. The number of carbonyl (C=O) groups excluding carboxylic acids is 2. The molecule has 0 heterocycles. The van der Waals surface area contributed by atoms with Gasteiger partial charge in [0, 0.05) is 0 Å². The van der Waals surface area contributed by atoms with Gasteiger partial charge in [-0.3, -0.25) is 4.18 Å². The summed E-state index contributed by atoms with van der Waals surface area (Å²) < 4.78 is 39.9. The molecule has 0 spiro atoms. The average Bonchev–Trinajstić information content (AvgIpc) is 2.73. The Balaban J connectivity index is 2.09. The zero-order valence-electron chi connectivity index (χ0n) is 16.4. The third-order valence-corrected chi connectivity index (χ3v) is 5.47. The monoisotopic (exact) mass is 420 g/mol. The number of esters is 2. The summed E-state index contributed by atoms with van der Waals surface area (Å²) in [5.74, 6) is -1.31. The van der Waals surface area contributed by atoms with Gasteiger partial charge in [0.1, 0.15) is 0 Å². The van der Waals surface area contributed by atoms with E-state index in [-0.39, 0.29) is 23.5 Å². The molecule has 0 saturated carbocycles. The number of benzene rings is 2. The average molecular weight is 420 g/mol. The maximum Gasteiger partial charge on any atom is 0.337 e. The van der Waals surface area contributed by atoms with Gasteiger partial charge in [-0.05, 0) is 56.0 Å². The fraction of sp³-hybridized carbons (Fsp3) is 0.333. The fourth-order valence-corrected chi connectivity index (χ4v) is 3.72. The van der Waals surface area contributed by atoms with E-state index in [1.54, 1.807) is 6.92 Å². The van der Waals surface area contributed by atoms with Crippen LogP contribution in [-0.2, 0) is 35.0 Å². The molecule has 0 unspecified atom stereocenters. The number of hydrogen-bond acceptors (Lipinski definition) is 7. The Hall–Kier alpha value is -2.71. The second kappa shape index (κ2) is 10.7. The van der Waals surface area contributed by atoms with Crippen LogP contribution < -0.4 is 0 Å². The lowest BCUT2D eigenvalue weighted by Crippen LogP contribution is -2.29. The Kier molecular flexibility index (Phi) is 8.35. The van der Waals surface area contributed by atoms with E-state index in [9.17, 15) is 18.0 Å². The number of ether oxygens (including phenoxy) is 2. The second-order valence-corrected chi connectivity index (χ2v) is 7.76. The van der Waals surface area contributed by atoms with E-state index in [4.69, 9.17) is 8.92 Å². The minimum atomic E-state index is -4.22. The third kappa shape index (κ3) is 6.69. The van der Waals surface area contributed by atoms with Gasteiger partial charge in [-0.25, -0.2) is 9.59 Å². The van der Waals surface area contributed by atoms with Crippen molar-refractivity contribution in [1.82, 2.24) is 0 Å². The SMILES string of the molecule is CCOC(=O)[C@@H](CCCc1ccccc1)OS(=O)(=O)c1ccc(C(=O)OC)cc1. The first-order valence-corrected chi connectivity index (χ1v) is 10.6. The minimum absolute atomic E-state index is 0.116. The zero-order valence-corrected chi connectivity index (χ0v) is 17.2. The highest BCUT2D eigenvalue weighted by molar-refractivity contribution is 7.86. The van der Waals surface area contributed by atoms with E-state index in [2.05, 4.69) is 4.74 Å². The van der Waals surface area contributed by atoms with E-state index < -0.39 is 28.2 Å². The molecule has 0 aliphatic carbocycles. The maximum atomic E-state index is 12.6. The van der Waals surface area contributed by atoms with Crippen molar-refractivity contribution >= 4 is 22.1 Å².